The maximum atomic E-state index is 12.5. The van der Waals surface area contributed by atoms with Crippen molar-refractivity contribution in [3.8, 4) is 0 Å². The third kappa shape index (κ3) is 4.11. The average molecular weight is 387 g/mol. The van der Waals surface area contributed by atoms with E-state index in [1.165, 1.54) is 4.31 Å². The highest BCUT2D eigenvalue weighted by Gasteiger charge is 2.27. The van der Waals surface area contributed by atoms with Crippen LogP contribution in [0.25, 0.3) is 0 Å². The van der Waals surface area contributed by atoms with Crippen molar-refractivity contribution in [1.29, 1.82) is 0 Å². The molecule has 0 N–H and O–H groups in total. The van der Waals surface area contributed by atoms with Gasteiger partial charge in [-0.2, -0.15) is 16.1 Å². The van der Waals surface area contributed by atoms with E-state index in [0.717, 1.165) is 11.3 Å². The second-order valence-electron chi connectivity index (χ2n) is 4.22. The lowest BCUT2D eigenvalue weighted by Crippen LogP contribution is -2.36. The van der Waals surface area contributed by atoms with Crippen LogP contribution in [0.4, 0.5) is 0 Å². The molecule has 0 spiro atoms. The Kier molecular flexibility index (Phi) is 6.66. The molecule has 1 unspecified atom stereocenters. The van der Waals surface area contributed by atoms with E-state index in [1.807, 2.05) is 13.2 Å². The van der Waals surface area contributed by atoms with E-state index in [1.54, 1.807) is 37.0 Å². The molecule has 0 heterocycles. The molecule has 1 aromatic carbocycles. The van der Waals surface area contributed by atoms with Gasteiger partial charge in [0, 0.05) is 29.2 Å². The van der Waals surface area contributed by atoms with Crippen molar-refractivity contribution in [3.05, 3.63) is 28.2 Å². The van der Waals surface area contributed by atoms with Gasteiger partial charge in [0.2, 0.25) is 10.0 Å². The van der Waals surface area contributed by atoms with Gasteiger partial charge in [-0.05, 0) is 46.8 Å². The van der Waals surface area contributed by atoms with Gasteiger partial charge in [-0.1, -0.05) is 6.07 Å². The Balaban J connectivity index is 3.13. The number of hydrogen-bond acceptors (Lipinski definition) is 3. The van der Waals surface area contributed by atoms with E-state index in [0.29, 0.717) is 10.4 Å². The zero-order chi connectivity index (χ0) is 14.6. The molecule has 1 atom stereocenters. The lowest BCUT2D eigenvalue weighted by Gasteiger charge is -2.24. The van der Waals surface area contributed by atoms with E-state index in [-0.39, 0.29) is 10.9 Å². The third-order valence-corrected chi connectivity index (χ3v) is 6.91. The SMILES string of the molecule is CSCC(C)N(C)S(=O)(=O)c1ccc(CCl)cc1Br. The molecule has 0 bridgehead atoms. The fraction of sp³-hybridized carbons (Fsp3) is 0.500. The molecule has 1 aromatic rings. The van der Waals surface area contributed by atoms with Gasteiger partial charge in [0.1, 0.15) is 0 Å². The van der Waals surface area contributed by atoms with Crippen LogP contribution in [0.1, 0.15) is 12.5 Å². The first-order valence-corrected chi connectivity index (χ1v) is 9.82. The van der Waals surface area contributed by atoms with Crippen LogP contribution in [0.15, 0.2) is 27.6 Å². The van der Waals surface area contributed by atoms with Gasteiger partial charge >= 0.3 is 0 Å². The van der Waals surface area contributed by atoms with E-state index < -0.39 is 10.0 Å². The summed E-state index contributed by atoms with van der Waals surface area (Å²) in [7, 11) is -1.88. The van der Waals surface area contributed by atoms with Gasteiger partial charge < -0.3 is 0 Å². The number of benzene rings is 1. The number of hydrogen-bond donors (Lipinski definition) is 0. The molecule has 0 aromatic heterocycles. The Morgan fingerprint density at radius 2 is 2.11 bits per heavy atom. The number of halogens is 2. The molecule has 0 aliphatic rings. The van der Waals surface area contributed by atoms with Gasteiger partial charge in [-0.3, -0.25) is 0 Å². The van der Waals surface area contributed by atoms with E-state index in [9.17, 15) is 8.42 Å². The van der Waals surface area contributed by atoms with Crippen molar-refractivity contribution in [3.63, 3.8) is 0 Å². The summed E-state index contributed by atoms with van der Waals surface area (Å²) in [5, 5.41) is 0. The van der Waals surface area contributed by atoms with Crippen LogP contribution >= 0.6 is 39.3 Å². The summed E-state index contributed by atoms with van der Waals surface area (Å²) in [5.41, 5.74) is 0.882. The van der Waals surface area contributed by atoms with Crippen molar-refractivity contribution < 1.29 is 8.42 Å². The van der Waals surface area contributed by atoms with Crippen molar-refractivity contribution in [2.45, 2.75) is 23.7 Å². The highest BCUT2D eigenvalue weighted by molar-refractivity contribution is 9.10. The Morgan fingerprint density at radius 1 is 1.47 bits per heavy atom. The smallest absolute Gasteiger partial charge is 0.207 e. The monoisotopic (exact) mass is 385 g/mol. The predicted molar refractivity (Wildman–Crippen MR) is 86.5 cm³/mol. The van der Waals surface area contributed by atoms with Crippen LogP contribution < -0.4 is 0 Å². The van der Waals surface area contributed by atoms with Gasteiger partial charge in [0.15, 0.2) is 0 Å². The molecule has 0 saturated carbocycles. The minimum absolute atomic E-state index is 0.0559. The summed E-state index contributed by atoms with van der Waals surface area (Å²) in [6.45, 7) is 1.90. The molecule has 19 heavy (non-hydrogen) atoms. The lowest BCUT2D eigenvalue weighted by molar-refractivity contribution is 0.415. The minimum atomic E-state index is -3.49. The summed E-state index contributed by atoms with van der Waals surface area (Å²) in [6.07, 6.45) is 1.96. The molecule has 7 heteroatoms. The van der Waals surface area contributed by atoms with Crippen LogP contribution in [0, 0.1) is 0 Å². The fourth-order valence-electron chi connectivity index (χ4n) is 1.57. The quantitative estimate of drug-likeness (QED) is 0.702. The van der Waals surface area contributed by atoms with Gasteiger partial charge in [0.25, 0.3) is 0 Å². The summed E-state index contributed by atoms with van der Waals surface area (Å²) in [6, 6.07) is 5.02. The molecular weight excluding hydrogens is 370 g/mol. The van der Waals surface area contributed by atoms with Crippen LogP contribution in [0.2, 0.25) is 0 Å². The molecule has 0 radical (unpaired) electrons. The van der Waals surface area contributed by atoms with Crippen LogP contribution in [-0.2, 0) is 15.9 Å². The van der Waals surface area contributed by atoms with E-state index >= 15 is 0 Å². The minimum Gasteiger partial charge on any atom is -0.207 e. The first-order valence-electron chi connectivity index (χ1n) is 5.66. The predicted octanol–water partition coefficient (Wildman–Crippen LogP) is 3.56. The van der Waals surface area contributed by atoms with Crippen molar-refractivity contribution >= 4 is 49.3 Å². The summed E-state index contributed by atoms with van der Waals surface area (Å²) >= 11 is 10.7. The van der Waals surface area contributed by atoms with E-state index in [2.05, 4.69) is 15.9 Å². The molecule has 108 valence electrons. The second kappa shape index (κ2) is 7.31. The van der Waals surface area contributed by atoms with Gasteiger partial charge in [0.05, 0.1) is 4.90 Å². The Labute approximate surface area is 132 Å². The third-order valence-electron chi connectivity index (χ3n) is 2.84. The Bertz CT molecular complexity index is 537. The van der Waals surface area contributed by atoms with Gasteiger partial charge in [-0.25, -0.2) is 8.42 Å². The normalized spacial score (nSPS) is 13.8. The first-order chi connectivity index (χ1) is 8.84. The van der Waals surface area contributed by atoms with Crippen LogP contribution in [0.3, 0.4) is 0 Å². The number of thioether (sulfide) groups is 1. The molecule has 1 rings (SSSR count). The Morgan fingerprint density at radius 3 is 2.58 bits per heavy atom. The van der Waals surface area contributed by atoms with Crippen molar-refractivity contribution in [1.82, 2.24) is 4.31 Å². The molecule has 0 aliphatic heterocycles. The summed E-state index contributed by atoms with van der Waals surface area (Å²) in [4.78, 5) is 0.275. The van der Waals surface area contributed by atoms with Crippen molar-refractivity contribution in [2.24, 2.45) is 0 Å². The second-order valence-corrected chi connectivity index (χ2v) is 8.22. The molecule has 0 fully saturated rings. The van der Waals surface area contributed by atoms with Crippen molar-refractivity contribution in [2.75, 3.05) is 19.1 Å². The van der Waals surface area contributed by atoms with Crippen LogP contribution in [-0.4, -0.2) is 37.8 Å². The zero-order valence-electron chi connectivity index (χ0n) is 11.1. The van der Waals surface area contributed by atoms with Crippen LogP contribution in [0.5, 0.6) is 0 Å². The molecule has 3 nitrogen and oxygen atoms in total. The summed E-state index contributed by atoms with van der Waals surface area (Å²) < 4.78 is 27.0. The summed E-state index contributed by atoms with van der Waals surface area (Å²) in [5.74, 6) is 1.12. The molecule has 0 saturated heterocycles. The largest absolute Gasteiger partial charge is 0.244 e. The zero-order valence-corrected chi connectivity index (χ0v) is 15.0. The number of sulfonamides is 1. The lowest BCUT2D eigenvalue weighted by atomic mass is 10.2. The highest BCUT2D eigenvalue weighted by Crippen LogP contribution is 2.27. The number of alkyl halides is 1. The Hall–Kier alpha value is 0.250. The standard InChI is InChI=1S/C12H17BrClNO2S2/c1-9(8-18-3)15(2)19(16,17)12-5-4-10(7-14)6-11(12)13/h4-6,9H,7-8H2,1-3H3. The van der Waals surface area contributed by atoms with E-state index in [4.69, 9.17) is 11.6 Å². The van der Waals surface area contributed by atoms with Gasteiger partial charge in [-0.15, -0.1) is 11.6 Å². The molecular formula is C12H17BrClNO2S2. The fourth-order valence-corrected chi connectivity index (χ4v) is 4.99. The maximum Gasteiger partial charge on any atom is 0.244 e. The molecule has 0 aliphatic carbocycles. The first kappa shape index (κ1) is 17.3. The molecule has 0 amide bonds. The maximum absolute atomic E-state index is 12.5. The number of nitrogens with zero attached hydrogens (tertiary/aromatic N) is 1. The number of rotatable bonds is 6. The average Bonchev–Trinajstić information content (AvgIpc) is 2.37. The topological polar surface area (TPSA) is 37.4 Å². The highest BCUT2D eigenvalue weighted by atomic mass is 79.9.